The number of benzene rings is 1. The van der Waals surface area contributed by atoms with Crippen molar-refractivity contribution < 1.29 is 9.21 Å². The van der Waals surface area contributed by atoms with Gasteiger partial charge in [0.1, 0.15) is 11.5 Å². The highest BCUT2D eigenvalue weighted by Crippen LogP contribution is 2.23. The lowest BCUT2D eigenvalue weighted by Gasteiger charge is -2.13. The van der Waals surface area contributed by atoms with E-state index in [1.807, 2.05) is 57.3 Å². The highest BCUT2D eigenvalue weighted by Gasteiger charge is 2.17. The van der Waals surface area contributed by atoms with E-state index in [2.05, 4.69) is 10.3 Å². The molecule has 0 aliphatic carbocycles. The van der Waals surface area contributed by atoms with Crippen molar-refractivity contribution in [1.82, 2.24) is 10.3 Å². The third kappa shape index (κ3) is 2.44. The van der Waals surface area contributed by atoms with Crippen LogP contribution in [0.2, 0.25) is 0 Å². The van der Waals surface area contributed by atoms with E-state index in [-0.39, 0.29) is 11.9 Å². The number of aryl methyl sites for hydroxylation is 2. The Labute approximate surface area is 123 Å². The van der Waals surface area contributed by atoms with Crippen LogP contribution in [0.15, 0.2) is 40.9 Å². The quantitative estimate of drug-likeness (QED) is 0.766. The van der Waals surface area contributed by atoms with Crippen molar-refractivity contribution in [1.29, 1.82) is 0 Å². The fourth-order valence-corrected chi connectivity index (χ4v) is 2.72. The molecule has 4 nitrogen and oxygen atoms in total. The van der Waals surface area contributed by atoms with Crippen molar-refractivity contribution in [2.75, 3.05) is 0 Å². The van der Waals surface area contributed by atoms with Gasteiger partial charge in [0.15, 0.2) is 0 Å². The Morgan fingerprint density at radius 1 is 1.29 bits per heavy atom. The van der Waals surface area contributed by atoms with E-state index in [4.69, 9.17) is 4.42 Å². The molecule has 0 radical (unpaired) electrons. The van der Waals surface area contributed by atoms with Gasteiger partial charge in [0, 0.05) is 28.2 Å². The average Bonchev–Trinajstić information content (AvgIpc) is 3.04. The zero-order valence-electron chi connectivity index (χ0n) is 12.4. The second-order valence-electron chi connectivity index (χ2n) is 5.31. The number of aromatic nitrogens is 1. The lowest BCUT2D eigenvalue weighted by molar-refractivity contribution is 0.0941. The van der Waals surface area contributed by atoms with Crippen molar-refractivity contribution in [2.24, 2.45) is 0 Å². The summed E-state index contributed by atoms with van der Waals surface area (Å²) in [6.07, 6.45) is 1.84. The zero-order valence-corrected chi connectivity index (χ0v) is 12.4. The van der Waals surface area contributed by atoms with E-state index in [1.165, 1.54) is 0 Å². The number of hydrogen-bond donors (Lipinski definition) is 2. The molecule has 21 heavy (non-hydrogen) atoms. The Morgan fingerprint density at radius 2 is 2.10 bits per heavy atom. The highest BCUT2D eigenvalue weighted by molar-refractivity contribution is 6.06. The van der Waals surface area contributed by atoms with Gasteiger partial charge in [0.05, 0.1) is 6.04 Å². The molecule has 108 valence electrons. The number of H-pyrrole nitrogens is 1. The molecule has 1 aromatic carbocycles. The van der Waals surface area contributed by atoms with E-state index in [1.54, 1.807) is 0 Å². The standard InChI is InChI=1S/C17H18N2O2/c1-10-9-15(12(3)21-10)11(2)19-17(20)14-5-4-6-16-13(14)7-8-18-16/h4-9,11,18H,1-3H3,(H,19,20). The summed E-state index contributed by atoms with van der Waals surface area (Å²) in [5.74, 6) is 1.63. The number of hydrogen-bond acceptors (Lipinski definition) is 2. The number of furan rings is 1. The number of nitrogens with one attached hydrogen (secondary N) is 2. The van der Waals surface area contributed by atoms with Gasteiger partial charge in [-0.25, -0.2) is 0 Å². The van der Waals surface area contributed by atoms with Crippen molar-refractivity contribution in [3.63, 3.8) is 0 Å². The molecule has 0 bridgehead atoms. The lowest BCUT2D eigenvalue weighted by Crippen LogP contribution is -2.26. The predicted molar refractivity (Wildman–Crippen MR) is 82.4 cm³/mol. The topological polar surface area (TPSA) is 58.0 Å². The number of aromatic amines is 1. The summed E-state index contributed by atoms with van der Waals surface area (Å²) < 4.78 is 5.52. The van der Waals surface area contributed by atoms with E-state index in [9.17, 15) is 4.79 Å². The normalized spacial score (nSPS) is 12.5. The summed E-state index contributed by atoms with van der Waals surface area (Å²) >= 11 is 0. The molecular weight excluding hydrogens is 264 g/mol. The van der Waals surface area contributed by atoms with Crippen molar-refractivity contribution >= 4 is 16.8 Å². The molecule has 2 heterocycles. The zero-order chi connectivity index (χ0) is 15.0. The smallest absolute Gasteiger partial charge is 0.252 e. The van der Waals surface area contributed by atoms with Crippen LogP contribution in [0, 0.1) is 13.8 Å². The molecule has 0 saturated heterocycles. The second-order valence-corrected chi connectivity index (χ2v) is 5.31. The first-order valence-electron chi connectivity index (χ1n) is 7.00. The van der Waals surface area contributed by atoms with Crippen molar-refractivity contribution in [2.45, 2.75) is 26.8 Å². The largest absolute Gasteiger partial charge is 0.466 e. The van der Waals surface area contributed by atoms with Gasteiger partial charge in [0.25, 0.3) is 5.91 Å². The molecule has 3 rings (SSSR count). The van der Waals surface area contributed by atoms with Crippen LogP contribution in [0.3, 0.4) is 0 Å². The SMILES string of the molecule is Cc1cc(C(C)NC(=O)c2cccc3[nH]ccc23)c(C)o1. The first kappa shape index (κ1) is 13.5. The van der Waals surface area contributed by atoms with Gasteiger partial charge in [0.2, 0.25) is 0 Å². The maximum absolute atomic E-state index is 12.5. The molecular formula is C17H18N2O2. The molecule has 1 atom stereocenters. The Bertz CT molecular complexity index is 798. The molecule has 4 heteroatoms. The molecule has 0 saturated carbocycles. The van der Waals surface area contributed by atoms with E-state index in [0.29, 0.717) is 5.56 Å². The number of carbonyl (C=O) groups excluding carboxylic acids is 1. The van der Waals surface area contributed by atoms with Gasteiger partial charge in [-0.1, -0.05) is 6.07 Å². The fourth-order valence-electron chi connectivity index (χ4n) is 2.72. The van der Waals surface area contributed by atoms with Crippen LogP contribution in [-0.2, 0) is 0 Å². The van der Waals surface area contributed by atoms with Crippen LogP contribution in [0.4, 0.5) is 0 Å². The molecule has 1 amide bonds. The van der Waals surface area contributed by atoms with Crippen LogP contribution in [-0.4, -0.2) is 10.9 Å². The van der Waals surface area contributed by atoms with Crippen LogP contribution in [0.25, 0.3) is 10.9 Å². The van der Waals surface area contributed by atoms with Crippen LogP contribution in [0.1, 0.15) is 40.4 Å². The Kier molecular flexibility index (Phi) is 3.29. The first-order valence-corrected chi connectivity index (χ1v) is 7.00. The molecule has 0 aliphatic heterocycles. The van der Waals surface area contributed by atoms with E-state index < -0.39 is 0 Å². The summed E-state index contributed by atoms with van der Waals surface area (Å²) in [4.78, 5) is 15.6. The number of rotatable bonds is 3. The lowest BCUT2D eigenvalue weighted by atomic mass is 10.1. The maximum atomic E-state index is 12.5. The number of fused-ring (bicyclic) bond motifs is 1. The summed E-state index contributed by atoms with van der Waals surface area (Å²) in [6, 6.07) is 9.47. The second kappa shape index (κ2) is 5.13. The summed E-state index contributed by atoms with van der Waals surface area (Å²) in [5, 5.41) is 3.97. The Morgan fingerprint density at radius 3 is 2.81 bits per heavy atom. The number of carbonyl (C=O) groups is 1. The third-order valence-electron chi connectivity index (χ3n) is 3.73. The summed E-state index contributed by atoms with van der Waals surface area (Å²) in [7, 11) is 0. The molecule has 0 spiro atoms. The van der Waals surface area contributed by atoms with Gasteiger partial charge in [-0.15, -0.1) is 0 Å². The third-order valence-corrected chi connectivity index (χ3v) is 3.73. The predicted octanol–water partition coefficient (Wildman–Crippen LogP) is 3.87. The average molecular weight is 282 g/mol. The Balaban J connectivity index is 1.86. The van der Waals surface area contributed by atoms with Gasteiger partial charge in [-0.3, -0.25) is 4.79 Å². The van der Waals surface area contributed by atoms with E-state index >= 15 is 0 Å². The van der Waals surface area contributed by atoms with Crippen molar-refractivity contribution in [3.05, 3.63) is 59.2 Å². The van der Waals surface area contributed by atoms with Crippen molar-refractivity contribution in [3.8, 4) is 0 Å². The van der Waals surface area contributed by atoms with Crippen LogP contribution < -0.4 is 5.32 Å². The molecule has 2 aromatic heterocycles. The van der Waals surface area contributed by atoms with Gasteiger partial charge in [-0.2, -0.15) is 0 Å². The monoisotopic (exact) mass is 282 g/mol. The Hall–Kier alpha value is -2.49. The molecule has 3 aromatic rings. The van der Waals surface area contributed by atoms with Crippen LogP contribution >= 0.6 is 0 Å². The minimum Gasteiger partial charge on any atom is -0.466 e. The van der Waals surface area contributed by atoms with Gasteiger partial charge < -0.3 is 14.7 Å². The molecule has 0 aliphatic rings. The fraction of sp³-hybridized carbons (Fsp3) is 0.235. The number of amides is 1. The molecule has 2 N–H and O–H groups in total. The van der Waals surface area contributed by atoms with Gasteiger partial charge in [-0.05, 0) is 45.0 Å². The first-order chi connectivity index (χ1) is 10.1. The minimum absolute atomic E-state index is 0.0778. The minimum atomic E-state index is -0.0934. The van der Waals surface area contributed by atoms with Gasteiger partial charge >= 0.3 is 0 Å². The highest BCUT2D eigenvalue weighted by atomic mass is 16.3. The summed E-state index contributed by atoms with van der Waals surface area (Å²) in [6.45, 7) is 5.79. The maximum Gasteiger partial charge on any atom is 0.252 e. The summed E-state index contributed by atoms with van der Waals surface area (Å²) in [5.41, 5.74) is 2.66. The molecule has 0 fully saturated rings. The van der Waals surface area contributed by atoms with Crippen LogP contribution in [0.5, 0.6) is 0 Å². The van der Waals surface area contributed by atoms with E-state index in [0.717, 1.165) is 28.0 Å². The molecule has 1 unspecified atom stereocenters.